The molecule has 0 saturated carbocycles. The maximum absolute atomic E-state index is 11.7. The number of aromatic nitrogens is 1. The van der Waals surface area contributed by atoms with Gasteiger partial charge < -0.3 is 19.8 Å². The van der Waals surface area contributed by atoms with Gasteiger partial charge in [0.25, 0.3) is 5.69 Å². The molecule has 1 heterocycles. The van der Waals surface area contributed by atoms with Crippen LogP contribution in [0.4, 0.5) is 10.5 Å². The number of ether oxygens (including phenoxy) is 2. The number of nitro groups is 1. The summed E-state index contributed by atoms with van der Waals surface area (Å²) in [5, 5.41) is 15.1. The second-order valence-electron chi connectivity index (χ2n) is 6.12. The van der Waals surface area contributed by atoms with Crippen LogP contribution in [-0.2, 0) is 17.7 Å². The average Bonchev–Trinajstić information content (AvgIpc) is 3.02. The number of nitro benzene ring substituents is 1. The molecule has 0 atom stereocenters. The quantitative estimate of drug-likeness (QED) is 0.264. The number of non-ortho nitro benzene ring substituents is 1. The third-order valence-corrected chi connectivity index (χ3v) is 4.23. The topological polar surface area (TPSA) is 106 Å². The molecule has 146 valence electrons. The van der Waals surface area contributed by atoms with Gasteiger partial charge in [-0.1, -0.05) is 30.3 Å². The Bertz CT molecular complexity index is 969. The number of rotatable bonds is 8. The molecule has 0 spiro atoms. The van der Waals surface area contributed by atoms with E-state index < -0.39 is 11.1 Å². The van der Waals surface area contributed by atoms with Gasteiger partial charge >= 0.3 is 6.16 Å². The fourth-order valence-corrected chi connectivity index (χ4v) is 2.93. The van der Waals surface area contributed by atoms with Crippen molar-refractivity contribution in [2.24, 2.45) is 0 Å². The number of nitrogens with one attached hydrogen (secondary N) is 2. The van der Waals surface area contributed by atoms with E-state index in [1.54, 1.807) is 13.0 Å². The van der Waals surface area contributed by atoms with Gasteiger partial charge in [0, 0.05) is 35.1 Å². The van der Waals surface area contributed by atoms with E-state index in [2.05, 4.69) is 10.3 Å². The van der Waals surface area contributed by atoms with Crippen LogP contribution < -0.4 is 10.1 Å². The molecule has 3 rings (SSSR count). The van der Waals surface area contributed by atoms with Crippen LogP contribution in [0.25, 0.3) is 10.9 Å². The van der Waals surface area contributed by atoms with Gasteiger partial charge in [-0.05, 0) is 31.5 Å². The van der Waals surface area contributed by atoms with Gasteiger partial charge in [-0.2, -0.15) is 0 Å². The minimum absolute atomic E-state index is 0.0207. The zero-order valence-electron chi connectivity index (χ0n) is 15.4. The maximum atomic E-state index is 11.7. The molecule has 3 aromatic rings. The summed E-state index contributed by atoms with van der Waals surface area (Å²) >= 11 is 0. The normalized spacial score (nSPS) is 10.8. The molecule has 28 heavy (non-hydrogen) atoms. The highest BCUT2D eigenvalue weighted by atomic mass is 16.7. The smallest absolute Gasteiger partial charge is 0.434 e. The zero-order chi connectivity index (χ0) is 19.9. The van der Waals surface area contributed by atoms with E-state index in [1.807, 2.05) is 30.3 Å². The SMILES string of the molecule is CCOC(=O)Oc1[nH]c2ccc([N+](=O)[O-])cc2c1CCNCc1ccccc1. The first-order valence-electron chi connectivity index (χ1n) is 8.96. The van der Waals surface area contributed by atoms with Crippen LogP contribution in [0.15, 0.2) is 48.5 Å². The fourth-order valence-electron chi connectivity index (χ4n) is 2.93. The van der Waals surface area contributed by atoms with Gasteiger partial charge in [-0.15, -0.1) is 0 Å². The number of nitrogens with zero attached hydrogens (tertiary/aromatic N) is 1. The number of aromatic amines is 1. The highest BCUT2D eigenvalue weighted by Gasteiger charge is 2.18. The van der Waals surface area contributed by atoms with Crippen molar-refractivity contribution in [1.29, 1.82) is 0 Å². The Balaban J connectivity index is 1.80. The predicted molar refractivity (Wildman–Crippen MR) is 104 cm³/mol. The van der Waals surface area contributed by atoms with E-state index in [1.165, 1.54) is 12.1 Å². The van der Waals surface area contributed by atoms with Crippen molar-refractivity contribution >= 4 is 22.7 Å². The Hall–Kier alpha value is -3.39. The molecule has 0 aliphatic heterocycles. The Morgan fingerprint density at radius 2 is 2.00 bits per heavy atom. The minimum Gasteiger partial charge on any atom is -0.434 e. The monoisotopic (exact) mass is 383 g/mol. The standard InChI is InChI=1S/C20H21N3O5/c1-2-27-20(24)28-19-16(10-11-21-13-14-6-4-3-5-7-14)17-12-15(23(25)26)8-9-18(17)22-19/h3-9,12,21-22H,2,10-11,13H2,1H3. The minimum atomic E-state index is -0.818. The van der Waals surface area contributed by atoms with Crippen molar-refractivity contribution < 1.29 is 19.2 Å². The first kappa shape index (κ1) is 19.4. The summed E-state index contributed by atoms with van der Waals surface area (Å²) < 4.78 is 10.1. The van der Waals surface area contributed by atoms with E-state index >= 15 is 0 Å². The van der Waals surface area contributed by atoms with Crippen molar-refractivity contribution in [2.75, 3.05) is 13.2 Å². The van der Waals surface area contributed by atoms with E-state index in [0.29, 0.717) is 36.0 Å². The van der Waals surface area contributed by atoms with Gasteiger partial charge in [0.1, 0.15) is 0 Å². The Morgan fingerprint density at radius 1 is 1.21 bits per heavy atom. The van der Waals surface area contributed by atoms with Crippen LogP contribution in [-0.4, -0.2) is 29.2 Å². The van der Waals surface area contributed by atoms with E-state index in [-0.39, 0.29) is 18.2 Å². The van der Waals surface area contributed by atoms with Gasteiger partial charge in [0.2, 0.25) is 5.88 Å². The number of H-pyrrole nitrogens is 1. The molecule has 0 saturated heterocycles. The lowest BCUT2D eigenvalue weighted by atomic mass is 10.1. The van der Waals surface area contributed by atoms with Crippen LogP contribution in [0.3, 0.4) is 0 Å². The molecule has 0 unspecified atom stereocenters. The van der Waals surface area contributed by atoms with Crippen LogP contribution in [0.2, 0.25) is 0 Å². The third kappa shape index (κ3) is 4.66. The van der Waals surface area contributed by atoms with Gasteiger partial charge in [-0.25, -0.2) is 4.79 Å². The van der Waals surface area contributed by atoms with Gasteiger partial charge in [0.15, 0.2) is 0 Å². The Labute approximate surface area is 161 Å². The first-order chi connectivity index (χ1) is 13.6. The zero-order valence-corrected chi connectivity index (χ0v) is 15.4. The second-order valence-corrected chi connectivity index (χ2v) is 6.12. The summed E-state index contributed by atoms with van der Waals surface area (Å²) in [6.45, 7) is 3.17. The molecule has 1 aromatic heterocycles. The van der Waals surface area contributed by atoms with Crippen LogP contribution in [0.1, 0.15) is 18.1 Å². The number of carbonyl (C=O) groups is 1. The highest BCUT2D eigenvalue weighted by Crippen LogP contribution is 2.31. The lowest BCUT2D eigenvalue weighted by molar-refractivity contribution is -0.384. The summed E-state index contributed by atoms with van der Waals surface area (Å²) in [7, 11) is 0. The summed E-state index contributed by atoms with van der Waals surface area (Å²) in [6.07, 6.45) is -0.301. The molecule has 0 radical (unpaired) electrons. The largest absolute Gasteiger partial charge is 0.515 e. The molecule has 2 N–H and O–H groups in total. The molecule has 0 bridgehead atoms. The summed E-state index contributed by atoms with van der Waals surface area (Å²) in [6, 6.07) is 14.4. The van der Waals surface area contributed by atoms with Gasteiger partial charge in [0.05, 0.1) is 11.5 Å². The molecular weight excluding hydrogens is 362 g/mol. The molecule has 0 aliphatic carbocycles. The summed E-state index contributed by atoms with van der Waals surface area (Å²) in [5.74, 6) is 0.246. The molecule has 0 amide bonds. The van der Waals surface area contributed by atoms with Crippen molar-refractivity contribution in [2.45, 2.75) is 19.9 Å². The van der Waals surface area contributed by atoms with Crippen molar-refractivity contribution in [3.05, 3.63) is 69.8 Å². The molecule has 8 nitrogen and oxygen atoms in total. The predicted octanol–water partition coefficient (Wildman–Crippen LogP) is 3.94. The summed E-state index contributed by atoms with van der Waals surface area (Å²) in [4.78, 5) is 25.4. The molecular formula is C20H21N3O5. The van der Waals surface area contributed by atoms with E-state index in [4.69, 9.17) is 9.47 Å². The number of fused-ring (bicyclic) bond motifs is 1. The molecule has 0 fully saturated rings. The van der Waals surface area contributed by atoms with Crippen molar-refractivity contribution in [3.63, 3.8) is 0 Å². The maximum Gasteiger partial charge on any atom is 0.515 e. The molecule has 8 heteroatoms. The number of hydrogen-bond acceptors (Lipinski definition) is 6. The lowest BCUT2D eigenvalue weighted by Gasteiger charge is -2.07. The number of carbonyl (C=O) groups excluding carboxylic acids is 1. The highest BCUT2D eigenvalue weighted by molar-refractivity contribution is 5.88. The molecule has 0 aliphatic rings. The van der Waals surface area contributed by atoms with Crippen LogP contribution in [0.5, 0.6) is 5.88 Å². The Kier molecular flexibility index (Phi) is 6.23. The van der Waals surface area contributed by atoms with Crippen LogP contribution in [0, 0.1) is 10.1 Å². The van der Waals surface area contributed by atoms with Crippen molar-refractivity contribution in [3.8, 4) is 5.88 Å². The number of hydrogen-bond donors (Lipinski definition) is 2. The average molecular weight is 383 g/mol. The third-order valence-electron chi connectivity index (χ3n) is 4.23. The van der Waals surface area contributed by atoms with E-state index in [9.17, 15) is 14.9 Å². The van der Waals surface area contributed by atoms with Gasteiger partial charge in [-0.3, -0.25) is 10.1 Å². The van der Waals surface area contributed by atoms with Crippen LogP contribution >= 0.6 is 0 Å². The Morgan fingerprint density at radius 3 is 2.71 bits per heavy atom. The lowest BCUT2D eigenvalue weighted by Crippen LogP contribution is -2.17. The van der Waals surface area contributed by atoms with Crippen molar-refractivity contribution in [1.82, 2.24) is 10.3 Å². The second kappa shape index (κ2) is 9.01. The number of benzene rings is 2. The fraction of sp³-hybridized carbons (Fsp3) is 0.250. The molecule has 2 aromatic carbocycles. The summed E-state index contributed by atoms with van der Waals surface area (Å²) in [5.41, 5.74) is 2.48. The first-order valence-corrected chi connectivity index (χ1v) is 8.96. The van der Waals surface area contributed by atoms with E-state index in [0.717, 1.165) is 5.56 Å².